The second kappa shape index (κ2) is 12.7. The molecule has 8 heteroatoms. The summed E-state index contributed by atoms with van der Waals surface area (Å²) in [6.45, 7) is 6.54. The predicted octanol–water partition coefficient (Wildman–Crippen LogP) is 3.37. The first-order valence-corrected chi connectivity index (χ1v) is 7.28. The van der Waals surface area contributed by atoms with E-state index in [4.69, 9.17) is 23.2 Å². The smallest absolute Gasteiger partial charge is 0.0921 e. The average molecular weight is 360 g/mol. The normalized spacial score (nSPS) is 11.7. The van der Waals surface area contributed by atoms with E-state index in [0.717, 1.165) is 0 Å². The number of hydrogen-bond donors (Lipinski definition) is 0. The summed E-state index contributed by atoms with van der Waals surface area (Å²) in [6, 6.07) is 0. The van der Waals surface area contributed by atoms with Crippen molar-refractivity contribution in [2.24, 2.45) is 0 Å². The number of nitrogens with zero attached hydrogens (tertiary/aromatic N) is 2. The molecule has 0 atom stereocenters. The fourth-order valence-electron chi connectivity index (χ4n) is 1.83. The summed E-state index contributed by atoms with van der Waals surface area (Å²) in [5, 5.41) is 24.2. The van der Waals surface area contributed by atoms with Crippen molar-refractivity contribution in [1.29, 1.82) is 0 Å². The third-order valence-electron chi connectivity index (χ3n) is 3.27. The molecule has 0 saturated heterocycles. The number of quaternary nitrogens is 2. The number of rotatable bonds is 10. The van der Waals surface area contributed by atoms with E-state index in [0.29, 0.717) is 57.4 Å². The van der Waals surface area contributed by atoms with Gasteiger partial charge in [0.15, 0.2) is 0 Å². The van der Waals surface area contributed by atoms with Crippen molar-refractivity contribution < 1.29 is 9.29 Å². The summed E-state index contributed by atoms with van der Waals surface area (Å²) in [5.74, 6) is 0.665. The van der Waals surface area contributed by atoms with Crippen molar-refractivity contribution in [1.82, 2.24) is 0 Å². The Hall–Kier alpha value is 1.00. The van der Waals surface area contributed by atoms with Gasteiger partial charge in [0.2, 0.25) is 0 Å². The van der Waals surface area contributed by atoms with Crippen molar-refractivity contribution in [3.8, 4) is 0 Å². The second-order valence-electron chi connectivity index (χ2n) is 4.37. The van der Waals surface area contributed by atoms with Crippen LogP contribution in [0.25, 0.3) is 0 Å². The van der Waals surface area contributed by atoms with Gasteiger partial charge in [0.25, 0.3) is 0 Å². The van der Waals surface area contributed by atoms with E-state index < -0.39 is 0 Å². The van der Waals surface area contributed by atoms with Gasteiger partial charge in [0, 0.05) is 6.42 Å². The zero-order valence-electron chi connectivity index (χ0n) is 11.6. The zero-order valence-corrected chi connectivity index (χ0v) is 14.8. The molecule has 0 rings (SSSR count). The third-order valence-corrected chi connectivity index (χ3v) is 3.61. The molecule has 0 saturated carbocycles. The summed E-state index contributed by atoms with van der Waals surface area (Å²) in [6.07, 6.45) is 0.627. The van der Waals surface area contributed by atoms with E-state index in [1.54, 1.807) is 0 Å². The Morgan fingerprint density at radius 2 is 1.11 bits per heavy atom. The molecule has 0 aliphatic heterocycles. The minimum Gasteiger partial charge on any atom is -0.633 e. The maximum Gasteiger partial charge on any atom is 0.0921 e. The molecule has 0 spiro atoms. The number of alkyl halides is 2. The van der Waals surface area contributed by atoms with Crippen LogP contribution in [0, 0.1) is 10.4 Å². The van der Waals surface area contributed by atoms with E-state index in [1.165, 1.54) is 0 Å². The highest BCUT2D eigenvalue weighted by Gasteiger charge is 2.18. The van der Waals surface area contributed by atoms with Crippen LogP contribution in [0.3, 0.4) is 0 Å². The fraction of sp³-hybridized carbons (Fsp3) is 1.00. The van der Waals surface area contributed by atoms with Crippen molar-refractivity contribution in [3.63, 3.8) is 0 Å². The van der Waals surface area contributed by atoms with Crippen molar-refractivity contribution >= 4 is 48.0 Å². The number of hydroxylamine groups is 6. The molecular formula is C11H26Cl4N2O2. The predicted molar refractivity (Wildman–Crippen MR) is 88.4 cm³/mol. The number of halogens is 4. The van der Waals surface area contributed by atoms with Gasteiger partial charge in [-0.15, -0.1) is 48.0 Å². The van der Waals surface area contributed by atoms with Gasteiger partial charge in [-0.1, -0.05) is 0 Å². The lowest BCUT2D eigenvalue weighted by Crippen LogP contribution is -2.49. The lowest BCUT2D eigenvalue weighted by molar-refractivity contribution is -0.895. The van der Waals surface area contributed by atoms with Gasteiger partial charge in [-0.2, -0.15) is 0 Å². The van der Waals surface area contributed by atoms with Gasteiger partial charge in [-0.25, -0.2) is 0 Å². The van der Waals surface area contributed by atoms with E-state index >= 15 is 0 Å². The lowest BCUT2D eigenvalue weighted by atomic mass is 10.3. The zero-order chi connectivity index (χ0) is 13.4. The van der Waals surface area contributed by atoms with Gasteiger partial charge < -0.3 is 19.7 Å². The van der Waals surface area contributed by atoms with Gasteiger partial charge in [0.05, 0.1) is 51.0 Å². The average Bonchev–Trinajstić information content (AvgIpc) is 2.29. The first kappa shape index (κ1) is 25.0. The molecule has 0 aromatic heterocycles. The first-order valence-electron chi connectivity index (χ1n) is 6.21. The molecular weight excluding hydrogens is 334 g/mol. The van der Waals surface area contributed by atoms with Crippen LogP contribution < -0.4 is 0 Å². The molecule has 0 aromatic rings. The Kier molecular flexibility index (Phi) is 16.7. The largest absolute Gasteiger partial charge is 0.633 e. The summed E-state index contributed by atoms with van der Waals surface area (Å²) < 4.78 is -0.595. The standard InChI is InChI=1S/C11H24Cl2N2O2.2ClH/c1-3-14(16,4-2)8-5-9-15(17,10-6-12)11-7-13;;/h3-11H2,1-2H3;2*1H. The van der Waals surface area contributed by atoms with Crippen LogP contribution in [-0.2, 0) is 0 Å². The third kappa shape index (κ3) is 10.4. The van der Waals surface area contributed by atoms with E-state index in [1.807, 2.05) is 13.8 Å². The molecule has 4 nitrogen and oxygen atoms in total. The Morgan fingerprint density at radius 1 is 0.737 bits per heavy atom. The van der Waals surface area contributed by atoms with Crippen LogP contribution in [0.2, 0.25) is 0 Å². The van der Waals surface area contributed by atoms with Crippen LogP contribution in [-0.4, -0.2) is 60.3 Å². The fourth-order valence-corrected chi connectivity index (χ4v) is 2.45. The molecule has 0 aliphatic carbocycles. The molecule has 0 heterocycles. The molecule has 0 aliphatic rings. The minimum atomic E-state index is -0.375. The minimum absolute atomic E-state index is 0. The van der Waals surface area contributed by atoms with Crippen molar-refractivity contribution in [2.75, 3.05) is 51.0 Å². The summed E-state index contributed by atoms with van der Waals surface area (Å²) >= 11 is 11.2. The Morgan fingerprint density at radius 3 is 1.42 bits per heavy atom. The summed E-state index contributed by atoms with van der Waals surface area (Å²) in [4.78, 5) is 0. The number of hydrogen-bond acceptors (Lipinski definition) is 2. The van der Waals surface area contributed by atoms with Crippen molar-refractivity contribution in [2.45, 2.75) is 20.3 Å². The Balaban J connectivity index is -0.00000128. The maximum absolute atomic E-state index is 12.2. The molecule has 0 aromatic carbocycles. The van der Waals surface area contributed by atoms with E-state index in [9.17, 15) is 10.4 Å². The SMILES string of the molecule is CC[N+]([O-])(CC)CCC[N+]([O-])(CCCl)CCCl.Cl.Cl. The van der Waals surface area contributed by atoms with E-state index in [-0.39, 0.29) is 34.1 Å². The first-order chi connectivity index (χ1) is 7.95. The van der Waals surface area contributed by atoms with Crippen molar-refractivity contribution in [3.05, 3.63) is 10.4 Å². The van der Waals surface area contributed by atoms with Crippen LogP contribution >= 0.6 is 48.0 Å². The van der Waals surface area contributed by atoms with Crippen LogP contribution in [0.1, 0.15) is 20.3 Å². The summed E-state index contributed by atoms with van der Waals surface area (Å²) in [7, 11) is 0. The van der Waals surface area contributed by atoms with Crippen LogP contribution in [0.15, 0.2) is 0 Å². The summed E-state index contributed by atoms with van der Waals surface area (Å²) in [5.41, 5.74) is 0. The van der Waals surface area contributed by atoms with Crippen LogP contribution in [0.5, 0.6) is 0 Å². The highest BCUT2D eigenvalue weighted by Crippen LogP contribution is 2.11. The molecule has 0 unspecified atom stereocenters. The monoisotopic (exact) mass is 358 g/mol. The van der Waals surface area contributed by atoms with Gasteiger partial charge >= 0.3 is 0 Å². The lowest BCUT2D eigenvalue weighted by Gasteiger charge is -2.45. The molecule has 120 valence electrons. The van der Waals surface area contributed by atoms with Crippen LogP contribution in [0.4, 0.5) is 0 Å². The van der Waals surface area contributed by atoms with Gasteiger partial charge in [0.1, 0.15) is 0 Å². The maximum atomic E-state index is 12.2. The second-order valence-corrected chi connectivity index (χ2v) is 5.13. The Labute approximate surface area is 139 Å². The Bertz CT molecular complexity index is 201. The molecule has 19 heavy (non-hydrogen) atoms. The quantitative estimate of drug-likeness (QED) is 0.341. The van der Waals surface area contributed by atoms with Gasteiger partial charge in [-0.3, -0.25) is 0 Å². The molecule has 0 N–H and O–H groups in total. The molecule has 0 fully saturated rings. The highest BCUT2D eigenvalue weighted by molar-refractivity contribution is 6.18. The molecule has 0 amide bonds. The topological polar surface area (TPSA) is 46.1 Å². The van der Waals surface area contributed by atoms with Gasteiger partial charge in [-0.05, 0) is 13.8 Å². The van der Waals surface area contributed by atoms with E-state index in [2.05, 4.69) is 0 Å². The highest BCUT2D eigenvalue weighted by atomic mass is 35.5. The molecule has 0 radical (unpaired) electrons. The molecule has 0 bridgehead atoms.